The Morgan fingerprint density at radius 2 is 1.70 bits per heavy atom. The Bertz CT molecular complexity index is 1590. The Balaban J connectivity index is 1.47. The molecule has 0 fully saturated rings. The summed E-state index contributed by atoms with van der Waals surface area (Å²) in [6.07, 6.45) is 1.14. The minimum absolute atomic E-state index is 0.00551. The monoisotopic (exact) mass is 541 g/mol. The van der Waals surface area contributed by atoms with Gasteiger partial charge in [-0.3, -0.25) is 14.3 Å². The van der Waals surface area contributed by atoms with Gasteiger partial charge >= 0.3 is 0 Å². The number of phenols is 1. The first kappa shape index (κ1) is 27.0. The number of ether oxygens (including phenoxy) is 2. The number of carbonyl (C=O) groups is 1. The van der Waals surface area contributed by atoms with Gasteiger partial charge in [0, 0.05) is 30.6 Å². The van der Waals surface area contributed by atoms with Crippen LogP contribution in [-0.2, 0) is 34.5 Å². The molecule has 9 nitrogen and oxygen atoms in total. The number of aliphatic hydroxyl groups excluding tert-OH is 1. The number of carbonyl (C=O) groups excluding carboxylic acids is 1. The van der Waals surface area contributed by atoms with E-state index in [4.69, 9.17) is 9.47 Å². The van der Waals surface area contributed by atoms with Crippen molar-refractivity contribution >= 4 is 11.6 Å². The van der Waals surface area contributed by atoms with Crippen molar-refractivity contribution in [2.45, 2.75) is 38.8 Å². The van der Waals surface area contributed by atoms with E-state index in [0.717, 1.165) is 22.5 Å². The van der Waals surface area contributed by atoms with Crippen LogP contribution >= 0.6 is 0 Å². The van der Waals surface area contributed by atoms with E-state index < -0.39 is 18.1 Å². The number of benzene rings is 3. The van der Waals surface area contributed by atoms with Crippen molar-refractivity contribution in [1.82, 2.24) is 9.36 Å². The molecule has 2 atom stereocenters. The third-order valence-electron chi connectivity index (χ3n) is 7.04. The molecule has 0 bridgehead atoms. The van der Waals surface area contributed by atoms with E-state index in [2.05, 4.69) is 5.32 Å². The summed E-state index contributed by atoms with van der Waals surface area (Å²) in [5.74, 6) is -1.12. The van der Waals surface area contributed by atoms with Gasteiger partial charge in [0.15, 0.2) is 5.76 Å². The number of hydrogen-bond acceptors (Lipinski definition) is 6. The summed E-state index contributed by atoms with van der Waals surface area (Å²) in [5, 5.41) is 22.1. The molecule has 5 rings (SSSR count). The highest BCUT2D eigenvalue weighted by Gasteiger charge is 2.33. The van der Waals surface area contributed by atoms with Gasteiger partial charge in [-0.2, -0.15) is 0 Å². The average Bonchev–Trinajstić information content (AvgIpc) is 3.20. The quantitative estimate of drug-likeness (QED) is 0.287. The molecule has 4 aromatic rings. The van der Waals surface area contributed by atoms with E-state index in [-0.39, 0.29) is 36.0 Å². The third kappa shape index (κ3) is 5.56. The largest absolute Gasteiger partial charge is 0.506 e. The predicted molar refractivity (Wildman–Crippen MR) is 150 cm³/mol. The van der Waals surface area contributed by atoms with Crippen molar-refractivity contribution < 1.29 is 24.5 Å². The molecule has 0 spiro atoms. The van der Waals surface area contributed by atoms with Crippen molar-refractivity contribution in [3.63, 3.8) is 0 Å². The number of para-hydroxylation sites is 3. The highest BCUT2D eigenvalue weighted by atomic mass is 16.7. The van der Waals surface area contributed by atoms with Crippen LogP contribution in [0.25, 0.3) is 5.69 Å². The normalized spacial score (nSPS) is 16.7. The van der Waals surface area contributed by atoms with E-state index in [1.807, 2.05) is 68.6 Å². The van der Waals surface area contributed by atoms with E-state index in [9.17, 15) is 19.8 Å². The molecule has 0 radical (unpaired) electrons. The summed E-state index contributed by atoms with van der Waals surface area (Å²) in [6.45, 7) is 2.03. The average molecular weight is 542 g/mol. The van der Waals surface area contributed by atoms with Crippen molar-refractivity contribution in [2.75, 3.05) is 5.32 Å². The molecule has 1 aromatic heterocycles. The summed E-state index contributed by atoms with van der Waals surface area (Å²) in [4.78, 5) is 27.0. The zero-order valence-electron chi connectivity index (χ0n) is 22.3. The second kappa shape index (κ2) is 11.6. The van der Waals surface area contributed by atoms with E-state index >= 15 is 0 Å². The first-order valence-corrected chi connectivity index (χ1v) is 13.0. The fourth-order valence-electron chi connectivity index (χ4n) is 4.83. The summed E-state index contributed by atoms with van der Waals surface area (Å²) >= 11 is 0. The van der Waals surface area contributed by atoms with Gasteiger partial charge in [-0.15, -0.1) is 0 Å². The van der Waals surface area contributed by atoms with Gasteiger partial charge in [-0.05, 0) is 48.4 Å². The number of rotatable bonds is 8. The Morgan fingerprint density at radius 3 is 2.40 bits per heavy atom. The molecule has 9 heteroatoms. The second-order valence-electron chi connectivity index (χ2n) is 9.65. The molecule has 0 saturated heterocycles. The summed E-state index contributed by atoms with van der Waals surface area (Å²) in [6, 6.07) is 23.1. The van der Waals surface area contributed by atoms with Crippen molar-refractivity contribution in [3.8, 4) is 11.4 Å². The molecule has 206 valence electrons. The number of nitrogens with one attached hydrogen (secondary N) is 1. The van der Waals surface area contributed by atoms with Crippen LogP contribution in [0.2, 0.25) is 0 Å². The first-order valence-electron chi connectivity index (χ1n) is 13.0. The lowest BCUT2D eigenvalue weighted by Gasteiger charge is -2.29. The molecular formula is C31H31N3O6. The number of aromatic hydroxyl groups is 1. The number of aliphatic hydroxyl groups is 1. The van der Waals surface area contributed by atoms with Gasteiger partial charge in [-0.1, -0.05) is 54.6 Å². The van der Waals surface area contributed by atoms with Crippen molar-refractivity contribution in [2.24, 2.45) is 7.05 Å². The van der Waals surface area contributed by atoms with Crippen LogP contribution in [0.1, 0.15) is 34.7 Å². The van der Waals surface area contributed by atoms with E-state index in [1.54, 1.807) is 33.6 Å². The number of aromatic nitrogens is 2. The summed E-state index contributed by atoms with van der Waals surface area (Å²) in [7, 11) is 1.83. The molecular weight excluding hydrogens is 510 g/mol. The minimum atomic E-state index is -0.818. The number of nitrogens with zero attached hydrogens (tertiary/aromatic N) is 2. The molecule has 1 amide bonds. The van der Waals surface area contributed by atoms with Crippen LogP contribution < -0.4 is 10.9 Å². The maximum absolute atomic E-state index is 13.7. The molecule has 1 aliphatic rings. The van der Waals surface area contributed by atoms with Gasteiger partial charge < -0.3 is 25.0 Å². The maximum atomic E-state index is 13.7. The van der Waals surface area contributed by atoms with Gasteiger partial charge in [0.25, 0.3) is 11.5 Å². The maximum Gasteiger partial charge on any atom is 0.290 e. The van der Waals surface area contributed by atoms with E-state index in [0.29, 0.717) is 12.0 Å². The highest BCUT2D eigenvalue weighted by molar-refractivity contribution is 6.03. The molecule has 1 aliphatic heterocycles. The lowest BCUT2D eigenvalue weighted by Crippen LogP contribution is -2.31. The van der Waals surface area contributed by atoms with Crippen LogP contribution in [-0.4, -0.2) is 31.8 Å². The van der Waals surface area contributed by atoms with Crippen molar-refractivity contribution in [3.05, 3.63) is 123 Å². The number of amides is 1. The number of allylic oxidation sites excluding steroid dienone is 1. The Labute approximate surface area is 231 Å². The SMILES string of the molecule is Cc1c(C2C=C(C(=O)Nc3ccccc3O)OC(OCc3ccc(CO)cc3)C2)c(=O)n(-c2ccccc2)n1C. The Hall–Kier alpha value is -4.60. The summed E-state index contributed by atoms with van der Waals surface area (Å²) < 4.78 is 15.5. The molecule has 3 aromatic carbocycles. The van der Waals surface area contributed by atoms with Crippen LogP contribution in [0.5, 0.6) is 5.75 Å². The first-order chi connectivity index (χ1) is 19.4. The molecule has 0 saturated carbocycles. The molecule has 0 aliphatic carbocycles. The van der Waals surface area contributed by atoms with Crippen LogP contribution in [0, 0.1) is 6.92 Å². The standard InChI is InChI=1S/C31H31N3O6/c1-20-29(31(38)34(33(20)2)24-8-4-3-5-9-24)23-16-27(30(37)32-25-10-6-7-11-26(25)36)40-28(17-23)39-19-22-14-12-21(18-35)13-15-22/h3-16,23,28,35-36H,17-19H2,1-2H3,(H,32,37). The zero-order valence-corrected chi connectivity index (χ0v) is 22.3. The minimum Gasteiger partial charge on any atom is -0.506 e. The highest BCUT2D eigenvalue weighted by Crippen LogP contribution is 2.33. The van der Waals surface area contributed by atoms with E-state index in [1.165, 1.54) is 6.07 Å². The van der Waals surface area contributed by atoms with Crippen molar-refractivity contribution in [1.29, 1.82) is 0 Å². The van der Waals surface area contributed by atoms with Gasteiger partial charge in [0.1, 0.15) is 5.75 Å². The lowest BCUT2D eigenvalue weighted by molar-refractivity contribution is -0.147. The fourth-order valence-corrected chi connectivity index (χ4v) is 4.83. The topological polar surface area (TPSA) is 115 Å². The van der Waals surface area contributed by atoms with Gasteiger partial charge in [0.05, 0.1) is 24.6 Å². The number of phenolic OH excluding ortho intramolecular Hbond substituents is 1. The smallest absolute Gasteiger partial charge is 0.290 e. The third-order valence-corrected chi connectivity index (χ3v) is 7.04. The lowest BCUT2D eigenvalue weighted by atomic mass is 9.93. The Morgan fingerprint density at radius 1 is 1.02 bits per heavy atom. The van der Waals surface area contributed by atoms with Gasteiger partial charge in [0.2, 0.25) is 6.29 Å². The molecule has 40 heavy (non-hydrogen) atoms. The van der Waals surface area contributed by atoms with Crippen LogP contribution in [0.15, 0.2) is 95.5 Å². The Kier molecular flexibility index (Phi) is 7.86. The summed E-state index contributed by atoms with van der Waals surface area (Å²) in [5.41, 5.74) is 3.75. The second-order valence-corrected chi connectivity index (χ2v) is 9.65. The fraction of sp³-hybridized carbons (Fsp3) is 0.226. The number of anilines is 1. The van der Waals surface area contributed by atoms with Crippen LogP contribution in [0.4, 0.5) is 5.69 Å². The van der Waals surface area contributed by atoms with Gasteiger partial charge in [-0.25, -0.2) is 4.68 Å². The molecule has 3 N–H and O–H groups in total. The molecule has 2 heterocycles. The number of hydrogen-bond donors (Lipinski definition) is 3. The zero-order chi connectivity index (χ0) is 28.2. The van der Waals surface area contributed by atoms with Crippen LogP contribution in [0.3, 0.4) is 0 Å². The predicted octanol–water partition coefficient (Wildman–Crippen LogP) is 4.25. The molecule has 2 unspecified atom stereocenters.